The molecule has 5 aliphatic rings. The zero-order valence-electron chi connectivity index (χ0n) is 16.5. The number of amides is 2. The summed E-state index contributed by atoms with van der Waals surface area (Å²) in [4.78, 5) is 38.8. The summed E-state index contributed by atoms with van der Waals surface area (Å²) >= 11 is 6.81. The topological polar surface area (TPSA) is 63.7 Å². The van der Waals surface area contributed by atoms with Crippen LogP contribution in [0.2, 0.25) is 0 Å². The van der Waals surface area contributed by atoms with Gasteiger partial charge in [-0.05, 0) is 75.3 Å². The van der Waals surface area contributed by atoms with Crippen molar-refractivity contribution < 1.29 is 19.1 Å². The predicted octanol–water partition coefficient (Wildman–Crippen LogP) is 4.18. The minimum atomic E-state index is -0.381. The monoisotopic (exact) mass is 415 g/mol. The molecular weight excluding hydrogens is 390 g/mol. The van der Waals surface area contributed by atoms with Crippen molar-refractivity contribution >= 4 is 29.4 Å². The molecule has 5 nitrogen and oxygen atoms in total. The highest BCUT2D eigenvalue weighted by atomic mass is 35.5. The van der Waals surface area contributed by atoms with Gasteiger partial charge in [-0.3, -0.25) is 19.3 Å². The van der Waals surface area contributed by atoms with E-state index in [0.29, 0.717) is 49.0 Å². The number of benzene rings is 1. The van der Waals surface area contributed by atoms with Crippen LogP contribution in [0.3, 0.4) is 0 Å². The smallest absolute Gasteiger partial charge is 0.312 e. The van der Waals surface area contributed by atoms with E-state index in [1.807, 2.05) is 0 Å². The Labute approximate surface area is 175 Å². The van der Waals surface area contributed by atoms with E-state index in [4.69, 9.17) is 16.3 Å². The third-order valence-electron chi connectivity index (χ3n) is 7.31. The normalized spacial score (nSPS) is 34.6. The fraction of sp³-hybridized carbons (Fsp3) is 0.609. The highest BCUT2D eigenvalue weighted by Gasteiger charge is 2.60. The summed E-state index contributed by atoms with van der Waals surface area (Å²) in [6.07, 6.45) is 7.15. The number of nitrogens with zero attached hydrogens (tertiary/aromatic N) is 1. The Bertz CT molecular complexity index is 832. The van der Waals surface area contributed by atoms with Gasteiger partial charge in [-0.25, -0.2) is 0 Å². The molecule has 1 aromatic carbocycles. The first-order chi connectivity index (χ1) is 13.9. The quantitative estimate of drug-likeness (QED) is 0.302. The van der Waals surface area contributed by atoms with Crippen LogP contribution in [-0.4, -0.2) is 40.7 Å². The summed E-state index contributed by atoms with van der Waals surface area (Å²) in [5.74, 6) is 0.578. The van der Waals surface area contributed by atoms with E-state index in [0.717, 1.165) is 32.1 Å². The Hall–Kier alpha value is -1.88. The molecule has 4 fully saturated rings. The average molecular weight is 416 g/mol. The first-order valence-corrected chi connectivity index (χ1v) is 11.1. The molecule has 4 aliphatic carbocycles. The molecule has 2 amide bonds. The number of esters is 1. The first kappa shape index (κ1) is 19.1. The summed E-state index contributed by atoms with van der Waals surface area (Å²) in [6, 6.07) is 6.91. The molecule has 2 atom stereocenters. The molecule has 2 unspecified atom stereocenters. The molecule has 1 aliphatic heterocycles. The number of ether oxygens (including phenoxy) is 1. The van der Waals surface area contributed by atoms with Crippen molar-refractivity contribution in [1.82, 2.24) is 4.90 Å². The minimum Gasteiger partial charge on any atom is -0.465 e. The van der Waals surface area contributed by atoms with E-state index in [9.17, 15) is 14.4 Å². The molecule has 29 heavy (non-hydrogen) atoms. The van der Waals surface area contributed by atoms with Crippen LogP contribution in [0.1, 0.15) is 72.1 Å². The number of halogens is 1. The Morgan fingerprint density at radius 2 is 1.66 bits per heavy atom. The van der Waals surface area contributed by atoms with Crippen molar-refractivity contribution in [3.05, 3.63) is 35.4 Å². The maximum Gasteiger partial charge on any atom is 0.312 e. The van der Waals surface area contributed by atoms with Gasteiger partial charge in [0, 0.05) is 11.4 Å². The second-order valence-corrected chi connectivity index (χ2v) is 10.3. The molecule has 0 saturated heterocycles. The van der Waals surface area contributed by atoms with E-state index in [2.05, 4.69) is 0 Å². The van der Waals surface area contributed by atoms with Gasteiger partial charge in [-0.1, -0.05) is 12.1 Å². The molecule has 1 heterocycles. The van der Waals surface area contributed by atoms with Gasteiger partial charge in [-0.15, -0.1) is 11.6 Å². The van der Waals surface area contributed by atoms with Crippen molar-refractivity contribution in [1.29, 1.82) is 0 Å². The van der Waals surface area contributed by atoms with Crippen LogP contribution < -0.4 is 0 Å². The molecule has 4 bridgehead atoms. The second kappa shape index (κ2) is 6.83. The van der Waals surface area contributed by atoms with Crippen LogP contribution in [0.5, 0.6) is 0 Å². The van der Waals surface area contributed by atoms with Crippen LogP contribution in [-0.2, 0) is 9.53 Å². The maximum absolute atomic E-state index is 12.9. The van der Waals surface area contributed by atoms with E-state index in [1.54, 1.807) is 24.3 Å². The van der Waals surface area contributed by atoms with E-state index >= 15 is 0 Å². The number of carbonyl (C=O) groups excluding carboxylic acids is 3. The lowest BCUT2D eigenvalue weighted by molar-refractivity contribution is -0.170. The number of carbonyl (C=O) groups is 3. The molecule has 0 spiro atoms. The van der Waals surface area contributed by atoms with Gasteiger partial charge < -0.3 is 4.74 Å². The fourth-order valence-corrected chi connectivity index (χ4v) is 7.21. The highest BCUT2D eigenvalue weighted by molar-refractivity contribution is 6.24. The zero-order chi connectivity index (χ0) is 20.2. The standard InChI is InChI=1S/C23H26ClNO4/c24-23-12-15-9-16(13-23)11-22(10-15,14-23)21(28)29-8-4-3-7-25-19(26)17-5-1-2-6-18(17)20(25)27/h1-2,5-6,15-16H,3-4,7-14H2. The number of unbranched alkanes of at least 4 members (excludes halogenated alkanes) is 1. The molecule has 0 N–H and O–H groups in total. The van der Waals surface area contributed by atoms with Crippen LogP contribution in [0.4, 0.5) is 0 Å². The molecule has 0 aromatic heterocycles. The number of hydrogen-bond acceptors (Lipinski definition) is 4. The Kier molecular flexibility index (Phi) is 4.50. The molecule has 4 saturated carbocycles. The highest BCUT2D eigenvalue weighted by Crippen LogP contribution is 2.64. The van der Waals surface area contributed by atoms with Gasteiger partial charge in [0.05, 0.1) is 23.1 Å². The number of hydrogen-bond donors (Lipinski definition) is 0. The minimum absolute atomic E-state index is 0.0858. The number of fused-ring (bicyclic) bond motifs is 1. The largest absolute Gasteiger partial charge is 0.465 e. The van der Waals surface area contributed by atoms with Gasteiger partial charge in [0.15, 0.2) is 0 Å². The lowest BCUT2D eigenvalue weighted by atomic mass is 9.49. The zero-order valence-corrected chi connectivity index (χ0v) is 17.2. The number of alkyl halides is 1. The van der Waals surface area contributed by atoms with Crippen molar-refractivity contribution in [2.75, 3.05) is 13.2 Å². The average Bonchev–Trinajstić information content (AvgIpc) is 2.90. The summed E-state index contributed by atoms with van der Waals surface area (Å²) in [5, 5.41) is 0. The maximum atomic E-state index is 12.9. The molecular formula is C23H26ClNO4. The van der Waals surface area contributed by atoms with Crippen molar-refractivity contribution in [2.24, 2.45) is 17.3 Å². The molecule has 1 aromatic rings. The summed E-state index contributed by atoms with van der Waals surface area (Å²) < 4.78 is 5.67. The van der Waals surface area contributed by atoms with Crippen molar-refractivity contribution in [2.45, 2.75) is 56.2 Å². The predicted molar refractivity (Wildman–Crippen MR) is 108 cm³/mol. The summed E-state index contributed by atoms with van der Waals surface area (Å²) in [7, 11) is 0. The number of rotatable bonds is 6. The summed E-state index contributed by atoms with van der Waals surface area (Å²) in [5.41, 5.74) is 0.565. The Morgan fingerprint density at radius 3 is 2.24 bits per heavy atom. The lowest BCUT2D eigenvalue weighted by Crippen LogP contribution is -2.56. The van der Waals surface area contributed by atoms with Gasteiger partial charge >= 0.3 is 5.97 Å². The molecule has 0 radical (unpaired) electrons. The van der Waals surface area contributed by atoms with Crippen molar-refractivity contribution in [3.8, 4) is 0 Å². The Balaban J connectivity index is 1.11. The van der Waals surface area contributed by atoms with Crippen LogP contribution >= 0.6 is 11.6 Å². The third kappa shape index (κ3) is 3.18. The van der Waals surface area contributed by atoms with Crippen LogP contribution in [0.15, 0.2) is 24.3 Å². The number of imide groups is 1. The first-order valence-electron chi connectivity index (χ1n) is 10.7. The van der Waals surface area contributed by atoms with Crippen LogP contribution in [0, 0.1) is 17.3 Å². The second-order valence-electron chi connectivity index (χ2n) is 9.54. The van der Waals surface area contributed by atoms with Crippen LogP contribution in [0.25, 0.3) is 0 Å². The third-order valence-corrected chi connectivity index (χ3v) is 7.75. The van der Waals surface area contributed by atoms with Gasteiger partial charge in [-0.2, -0.15) is 0 Å². The van der Waals surface area contributed by atoms with E-state index in [-0.39, 0.29) is 28.1 Å². The Morgan fingerprint density at radius 1 is 1.03 bits per heavy atom. The van der Waals surface area contributed by atoms with E-state index < -0.39 is 0 Å². The van der Waals surface area contributed by atoms with Gasteiger partial charge in [0.2, 0.25) is 0 Å². The SMILES string of the molecule is O=C1c2ccccc2C(=O)N1CCCCOC(=O)C12CC3CC(CC(Cl)(C3)C1)C2. The lowest BCUT2D eigenvalue weighted by Gasteiger charge is -2.58. The molecule has 6 rings (SSSR count). The van der Waals surface area contributed by atoms with Gasteiger partial charge in [0.25, 0.3) is 11.8 Å². The fourth-order valence-electron chi connectivity index (χ4n) is 6.52. The molecule has 154 valence electrons. The van der Waals surface area contributed by atoms with Gasteiger partial charge in [0.1, 0.15) is 0 Å². The van der Waals surface area contributed by atoms with E-state index in [1.165, 1.54) is 11.3 Å². The molecule has 6 heteroatoms. The van der Waals surface area contributed by atoms with Crippen molar-refractivity contribution in [3.63, 3.8) is 0 Å². The summed E-state index contributed by atoms with van der Waals surface area (Å²) in [6.45, 7) is 0.679.